The number of benzene rings is 1. The van der Waals surface area contributed by atoms with E-state index in [-0.39, 0.29) is 16.9 Å². The third-order valence-corrected chi connectivity index (χ3v) is 4.25. The van der Waals surface area contributed by atoms with Crippen LogP contribution in [0.2, 0.25) is 0 Å². The topological polar surface area (TPSA) is 122 Å². The average molecular weight is 376 g/mol. The minimum atomic E-state index is -3.53. The van der Waals surface area contributed by atoms with Crippen LogP contribution in [0.15, 0.2) is 28.3 Å². The molecule has 0 fully saturated rings. The van der Waals surface area contributed by atoms with Crippen LogP contribution in [-0.4, -0.2) is 46.1 Å². The Morgan fingerprint density at radius 3 is 2.54 bits per heavy atom. The summed E-state index contributed by atoms with van der Waals surface area (Å²) in [6.07, 6.45) is 1.01. The predicted octanol–water partition coefficient (Wildman–Crippen LogP) is 2.05. The van der Waals surface area contributed by atoms with E-state index in [0.717, 1.165) is 12.0 Å². The fourth-order valence-electron chi connectivity index (χ4n) is 2.49. The average Bonchev–Trinajstić information content (AvgIpc) is 3.02. The number of phenolic OH excluding ortho intramolecular Hbond substituents is 1. The SMILES string of the molecule is Cc1nnc2n1N=C(C(C)(C)C)C2=Nc1ccc(O)c(NS(C)(=O)=O)c1. The highest BCUT2D eigenvalue weighted by Gasteiger charge is 2.34. The van der Waals surface area contributed by atoms with Crippen molar-refractivity contribution in [2.24, 2.45) is 15.5 Å². The molecule has 1 aliphatic heterocycles. The van der Waals surface area contributed by atoms with Crippen molar-refractivity contribution in [2.75, 3.05) is 11.0 Å². The van der Waals surface area contributed by atoms with E-state index in [1.54, 1.807) is 17.7 Å². The number of aromatic nitrogens is 3. The van der Waals surface area contributed by atoms with Gasteiger partial charge in [-0.15, -0.1) is 10.2 Å². The van der Waals surface area contributed by atoms with Crippen LogP contribution in [0.4, 0.5) is 11.4 Å². The van der Waals surface area contributed by atoms with Gasteiger partial charge in [-0.2, -0.15) is 9.78 Å². The first kappa shape index (κ1) is 18.1. The van der Waals surface area contributed by atoms with Crippen LogP contribution in [0.25, 0.3) is 0 Å². The van der Waals surface area contributed by atoms with Gasteiger partial charge in [0.2, 0.25) is 15.8 Å². The molecule has 26 heavy (non-hydrogen) atoms. The number of aromatic hydroxyl groups is 1. The van der Waals surface area contributed by atoms with Crippen LogP contribution in [0.5, 0.6) is 5.75 Å². The Balaban J connectivity index is 2.11. The third kappa shape index (κ3) is 3.45. The van der Waals surface area contributed by atoms with Crippen molar-refractivity contribution in [1.82, 2.24) is 14.9 Å². The van der Waals surface area contributed by atoms with Crippen molar-refractivity contribution in [3.63, 3.8) is 0 Å². The number of aryl methyl sites for hydroxylation is 1. The Bertz CT molecular complexity index is 1040. The number of rotatable bonds is 3. The maximum atomic E-state index is 11.5. The van der Waals surface area contributed by atoms with E-state index in [2.05, 4.69) is 25.0 Å². The molecular weight excluding hydrogens is 356 g/mol. The van der Waals surface area contributed by atoms with Gasteiger partial charge < -0.3 is 5.11 Å². The molecule has 0 unspecified atom stereocenters. The van der Waals surface area contributed by atoms with Crippen molar-refractivity contribution >= 4 is 32.8 Å². The maximum Gasteiger partial charge on any atom is 0.229 e. The third-order valence-electron chi connectivity index (χ3n) is 3.66. The summed E-state index contributed by atoms with van der Waals surface area (Å²) in [4.78, 5) is 4.61. The number of phenols is 1. The molecule has 0 amide bonds. The van der Waals surface area contributed by atoms with Gasteiger partial charge in [0.15, 0.2) is 5.82 Å². The standard InChI is InChI=1S/C16H20N6O3S/c1-9-18-19-15-13(14(16(2,3)4)20-22(9)15)17-10-6-7-12(23)11(8-10)21-26(5,24)25/h6-8,21,23H,1-5H3. The molecule has 0 atom stereocenters. The first-order valence-corrected chi connectivity index (χ1v) is 9.76. The van der Waals surface area contributed by atoms with E-state index in [9.17, 15) is 13.5 Å². The number of hydrogen-bond acceptors (Lipinski definition) is 7. The molecule has 0 radical (unpaired) electrons. The number of fused-ring (bicyclic) bond motifs is 1. The zero-order chi connectivity index (χ0) is 19.3. The van der Waals surface area contributed by atoms with Crippen LogP contribution in [0, 0.1) is 12.3 Å². The van der Waals surface area contributed by atoms with Gasteiger partial charge in [0.05, 0.1) is 23.3 Å². The largest absolute Gasteiger partial charge is 0.506 e. The maximum absolute atomic E-state index is 11.5. The van der Waals surface area contributed by atoms with E-state index in [0.29, 0.717) is 23.0 Å². The molecule has 138 valence electrons. The molecule has 0 spiro atoms. The minimum Gasteiger partial charge on any atom is -0.506 e. The molecule has 2 N–H and O–H groups in total. The molecule has 0 aliphatic carbocycles. The minimum absolute atomic E-state index is 0.0549. The van der Waals surface area contributed by atoms with Crippen molar-refractivity contribution < 1.29 is 13.5 Å². The first-order valence-electron chi connectivity index (χ1n) is 7.87. The van der Waals surface area contributed by atoms with Gasteiger partial charge in [0, 0.05) is 5.41 Å². The highest BCUT2D eigenvalue weighted by atomic mass is 32.2. The Hall–Kier alpha value is -2.75. The number of nitrogens with zero attached hydrogens (tertiary/aromatic N) is 5. The fourth-order valence-corrected chi connectivity index (χ4v) is 3.05. The molecule has 3 rings (SSSR count). The summed E-state index contributed by atoms with van der Waals surface area (Å²) in [5, 5.41) is 22.6. The van der Waals surface area contributed by atoms with E-state index in [1.165, 1.54) is 12.1 Å². The van der Waals surface area contributed by atoms with Gasteiger partial charge in [-0.25, -0.2) is 13.4 Å². The lowest BCUT2D eigenvalue weighted by atomic mass is 9.87. The van der Waals surface area contributed by atoms with Crippen LogP contribution in [-0.2, 0) is 10.0 Å². The van der Waals surface area contributed by atoms with E-state index in [1.807, 2.05) is 20.8 Å². The number of sulfonamides is 1. The van der Waals surface area contributed by atoms with Crippen LogP contribution in [0.3, 0.4) is 0 Å². The second-order valence-electron chi connectivity index (χ2n) is 7.12. The zero-order valence-electron chi connectivity index (χ0n) is 15.1. The Morgan fingerprint density at radius 2 is 1.92 bits per heavy atom. The molecular formula is C16H20N6O3S. The normalized spacial score (nSPS) is 15.9. The lowest BCUT2D eigenvalue weighted by Crippen LogP contribution is -2.27. The zero-order valence-corrected chi connectivity index (χ0v) is 16.0. The molecule has 9 nitrogen and oxygen atoms in total. The van der Waals surface area contributed by atoms with Crippen LogP contribution < -0.4 is 4.72 Å². The summed E-state index contributed by atoms with van der Waals surface area (Å²) in [7, 11) is -3.53. The monoisotopic (exact) mass is 376 g/mol. The second-order valence-corrected chi connectivity index (χ2v) is 8.87. The summed E-state index contributed by atoms with van der Waals surface area (Å²) in [6.45, 7) is 7.86. The van der Waals surface area contributed by atoms with E-state index < -0.39 is 10.0 Å². The van der Waals surface area contributed by atoms with Gasteiger partial charge in [-0.1, -0.05) is 20.8 Å². The van der Waals surface area contributed by atoms with Gasteiger partial charge in [0.25, 0.3) is 0 Å². The molecule has 1 aromatic heterocycles. The van der Waals surface area contributed by atoms with E-state index >= 15 is 0 Å². The van der Waals surface area contributed by atoms with Gasteiger partial charge in [-0.05, 0) is 25.1 Å². The quantitative estimate of drug-likeness (QED) is 0.794. The van der Waals surface area contributed by atoms with Gasteiger partial charge in [-0.3, -0.25) is 4.72 Å². The summed E-state index contributed by atoms with van der Waals surface area (Å²) in [5.41, 5.74) is 1.54. The lowest BCUT2D eigenvalue weighted by molar-refractivity contribution is 0.477. The molecule has 2 aromatic rings. The summed E-state index contributed by atoms with van der Waals surface area (Å²) < 4.78 is 26.8. The Morgan fingerprint density at radius 1 is 1.23 bits per heavy atom. The van der Waals surface area contributed by atoms with Crippen molar-refractivity contribution in [3.05, 3.63) is 29.8 Å². The Kier molecular flexibility index (Phi) is 4.10. The highest BCUT2D eigenvalue weighted by molar-refractivity contribution is 7.92. The summed E-state index contributed by atoms with van der Waals surface area (Å²) in [5.74, 6) is 0.990. The molecule has 0 saturated heterocycles. The van der Waals surface area contributed by atoms with Crippen LogP contribution >= 0.6 is 0 Å². The summed E-state index contributed by atoms with van der Waals surface area (Å²) in [6, 6.07) is 4.42. The molecule has 0 saturated carbocycles. The lowest BCUT2D eigenvalue weighted by Gasteiger charge is -2.18. The van der Waals surface area contributed by atoms with E-state index in [4.69, 9.17) is 0 Å². The molecule has 10 heteroatoms. The predicted molar refractivity (Wildman–Crippen MR) is 99.8 cm³/mol. The number of aliphatic imine (C=N–C) groups is 1. The van der Waals surface area contributed by atoms with Crippen molar-refractivity contribution in [3.8, 4) is 5.75 Å². The number of anilines is 1. The molecule has 0 bridgehead atoms. The van der Waals surface area contributed by atoms with Crippen molar-refractivity contribution in [1.29, 1.82) is 0 Å². The molecule has 2 heterocycles. The summed E-state index contributed by atoms with van der Waals surface area (Å²) >= 11 is 0. The second kappa shape index (κ2) is 5.90. The van der Waals surface area contributed by atoms with Crippen LogP contribution in [0.1, 0.15) is 32.4 Å². The van der Waals surface area contributed by atoms with Gasteiger partial charge in [0.1, 0.15) is 11.5 Å². The molecule has 1 aromatic carbocycles. The van der Waals surface area contributed by atoms with Gasteiger partial charge >= 0.3 is 0 Å². The number of nitrogens with one attached hydrogen (secondary N) is 1. The highest BCUT2D eigenvalue weighted by Crippen LogP contribution is 2.31. The Labute approximate surface area is 151 Å². The fraction of sp³-hybridized carbons (Fsp3) is 0.375. The first-order chi connectivity index (χ1) is 12.0. The number of hydrogen-bond donors (Lipinski definition) is 2. The van der Waals surface area contributed by atoms with Crippen molar-refractivity contribution in [2.45, 2.75) is 27.7 Å². The smallest absolute Gasteiger partial charge is 0.229 e. The molecule has 1 aliphatic rings.